The Morgan fingerprint density at radius 3 is 2.35 bits per heavy atom. The monoisotopic (exact) mass is 315 g/mol. The van der Waals surface area contributed by atoms with Crippen molar-refractivity contribution in [3.05, 3.63) is 36.5 Å². The van der Waals surface area contributed by atoms with E-state index in [4.69, 9.17) is 4.74 Å². The molecule has 2 heterocycles. The summed E-state index contributed by atoms with van der Waals surface area (Å²) in [7, 11) is 1.51. The number of aromatic nitrogens is 1. The maximum atomic E-state index is 12.5. The van der Waals surface area contributed by atoms with Gasteiger partial charge in [0, 0.05) is 45.0 Å². The maximum Gasteiger partial charge on any atom is 0.248 e. The highest BCUT2D eigenvalue weighted by atomic mass is 16.5. The van der Waals surface area contributed by atoms with E-state index < -0.39 is 0 Å². The number of para-hydroxylation sites is 1. The van der Waals surface area contributed by atoms with Gasteiger partial charge in [-0.1, -0.05) is 18.2 Å². The lowest BCUT2D eigenvalue weighted by Crippen LogP contribution is -2.52. The molecule has 0 radical (unpaired) electrons. The van der Waals surface area contributed by atoms with Gasteiger partial charge in [-0.15, -0.1) is 0 Å². The van der Waals surface area contributed by atoms with Crippen molar-refractivity contribution in [2.24, 2.45) is 0 Å². The number of piperazine rings is 1. The Balaban J connectivity index is 1.59. The molecular formula is C17H21N3O3. The van der Waals surface area contributed by atoms with Crippen molar-refractivity contribution in [3.8, 4) is 0 Å². The lowest BCUT2D eigenvalue weighted by Gasteiger charge is -2.34. The molecule has 0 atom stereocenters. The minimum absolute atomic E-state index is 0.0176. The second kappa shape index (κ2) is 6.83. The number of carbonyl (C=O) groups excluding carboxylic acids is 2. The van der Waals surface area contributed by atoms with Crippen LogP contribution in [0.3, 0.4) is 0 Å². The van der Waals surface area contributed by atoms with Gasteiger partial charge in [0.05, 0.1) is 0 Å². The van der Waals surface area contributed by atoms with Gasteiger partial charge in [-0.2, -0.15) is 0 Å². The van der Waals surface area contributed by atoms with Gasteiger partial charge in [0.25, 0.3) is 0 Å². The largest absolute Gasteiger partial charge is 0.375 e. The van der Waals surface area contributed by atoms with Crippen LogP contribution >= 0.6 is 0 Å². The van der Waals surface area contributed by atoms with Crippen LogP contribution in [0.1, 0.15) is 0 Å². The number of fused-ring (bicyclic) bond motifs is 1. The van der Waals surface area contributed by atoms with Gasteiger partial charge in [-0.3, -0.25) is 9.59 Å². The zero-order valence-corrected chi connectivity index (χ0v) is 13.3. The molecule has 1 aromatic heterocycles. The first-order chi connectivity index (χ1) is 11.2. The molecule has 0 saturated carbocycles. The quantitative estimate of drug-likeness (QED) is 0.844. The minimum Gasteiger partial charge on any atom is -0.375 e. The molecule has 0 unspecified atom stereocenters. The van der Waals surface area contributed by atoms with E-state index >= 15 is 0 Å². The summed E-state index contributed by atoms with van der Waals surface area (Å²) in [5, 5.41) is 1.13. The number of rotatable bonds is 4. The predicted molar refractivity (Wildman–Crippen MR) is 87.0 cm³/mol. The summed E-state index contributed by atoms with van der Waals surface area (Å²) in [6, 6.07) is 10.0. The van der Waals surface area contributed by atoms with Crippen molar-refractivity contribution < 1.29 is 14.3 Å². The number of carbonyl (C=O) groups is 2. The standard InChI is InChI=1S/C17H21N3O3/c1-23-13-17(22)19-10-8-18(9-11-19)16(21)12-20-7-6-14-4-2-3-5-15(14)20/h2-7H,8-13H2,1H3. The fourth-order valence-electron chi connectivity index (χ4n) is 2.94. The molecule has 6 nitrogen and oxygen atoms in total. The zero-order valence-electron chi connectivity index (χ0n) is 13.3. The van der Waals surface area contributed by atoms with E-state index in [1.807, 2.05) is 46.0 Å². The molecule has 1 aliphatic heterocycles. The summed E-state index contributed by atoms with van der Waals surface area (Å²) < 4.78 is 6.84. The molecule has 122 valence electrons. The molecule has 2 aromatic rings. The van der Waals surface area contributed by atoms with Gasteiger partial charge in [0.2, 0.25) is 11.8 Å². The minimum atomic E-state index is -0.0176. The lowest BCUT2D eigenvalue weighted by molar-refractivity contribution is -0.142. The lowest BCUT2D eigenvalue weighted by atomic mass is 10.2. The topological polar surface area (TPSA) is 54.8 Å². The fourth-order valence-corrected chi connectivity index (χ4v) is 2.94. The van der Waals surface area contributed by atoms with E-state index in [9.17, 15) is 9.59 Å². The highest BCUT2D eigenvalue weighted by Crippen LogP contribution is 2.15. The molecule has 1 aromatic carbocycles. The summed E-state index contributed by atoms with van der Waals surface area (Å²) >= 11 is 0. The third kappa shape index (κ3) is 3.37. The third-order valence-electron chi connectivity index (χ3n) is 4.24. The molecule has 6 heteroatoms. The highest BCUT2D eigenvalue weighted by Gasteiger charge is 2.24. The van der Waals surface area contributed by atoms with Gasteiger partial charge in [-0.25, -0.2) is 0 Å². The van der Waals surface area contributed by atoms with Crippen molar-refractivity contribution in [1.29, 1.82) is 0 Å². The first-order valence-electron chi connectivity index (χ1n) is 7.77. The fraction of sp³-hybridized carbons (Fsp3) is 0.412. The van der Waals surface area contributed by atoms with Crippen molar-refractivity contribution in [2.75, 3.05) is 39.9 Å². The Morgan fingerprint density at radius 1 is 1.00 bits per heavy atom. The third-order valence-corrected chi connectivity index (χ3v) is 4.24. The predicted octanol–water partition coefficient (Wildman–Crippen LogP) is 0.958. The maximum absolute atomic E-state index is 12.5. The smallest absolute Gasteiger partial charge is 0.248 e. The van der Waals surface area contributed by atoms with Crippen LogP contribution in [-0.2, 0) is 20.9 Å². The molecule has 3 rings (SSSR count). The van der Waals surface area contributed by atoms with E-state index in [-0.39, 0.29) is 18.4 Å². The van der Waals surface area contributed by atoms with Gasteiger partial charge in [-0.05, 0) is 17.5 Å². The SMILES string of the molecule is COCC(=O)N1CCN(C(=O)Cn2ccc3ccccc32)CC1. The van der Waals surface area contributed by atoms with Crippen molar-refractivity contribution in [3.63, 3.8) is 0 Å². The van der Waals surface area contributed by atoms with Crippen molar-refractivity contribution >= 4 is 22.7 Å². The molecule has 1 aliphatic rings. The second-order valence-electron chi connectivity index (χ2n) is 5.70. The number of hydrogen-bond acceptors (Lipinski definition) is 3. The Morgan fingerprint density at radius 2 is 1.65 bits per heavy atom. The Labute approximate surface area is 135 Å². The zero-order chi connectivity index (χ0) is 16.2. The number of benzene rings is 1. The summed E-state index contributed by atoms with van der Waals surface area (Å²) in [5.41, 5.74) is 1.06. The molecule has 0 spiro atoms. The first-order valence-corrected chi connectivity index (χ1v) is 7.77. The molecule has 1 fully saturated rings. The van der Waals surface area contributed by atoms with Crippen LogP contribution in [0.15, 0.2) is 36.5 Å². The summed E-state index contributed by atoms with van der Waals surface area (Å²) in [6.45, 7) is 2.73. The molecule has 1 saturated heterocycles. The molecule has 23 heavy (non-hydrogen) atoms. The van der Waals surface area contributed by atoms with Gasteiger partial charge in [0.1, 0.15) is 13.2 Å². The van der Waals surface area contributed by atoms with Gasteiger partial charge >= 0.3 is 0 Å². The Bertz CT molecular complexity index is 702. The van der Waals surface area contributed by atoms with Crippen LogP contribution in [0.5, 0.6) is 0 Å². The number of hydrogen-bond donors (Lipinski definition) is 0. The normalized spacial score (nSPS) is 15.2. The molecule has 0 aliphatic carbocycles. The van der Waals surface area contributed by atoms with E-state index in [0.29, 0.717) is 32.7 Å². The second-order valence-corrected chi connectivity index (χ2v) is 5.70. The molecule has 0 bridgehead atoms. The van der Waals surface area contributed by atoms with Crippen LogP contribution in [0.4, 0.5) is 0 Å². The van der Waals surface area contributed by atoms with Crippen LogP contribution in [0.25, 0.3) is 10.9 Å². The Kier molecular flexibility index (Phi) is 4.62. The van der Waals surface area contributed by atoms with E-state index in [1.165, 1.54) is 7.11 Å². The van der Waals surface area contributed by atoms with Gasteiger partial charge in [0.15, 0.2) is 0 Å². The summed E-state index contributed by atoms with van der Waals surface area (Å²) in [5.74, 6) is 0.0706. The molecule has 0 N–H and O–H groups in total. The van der Waals surface area contributed by atoms with Crippen LogP contribution in [0, 0.1) is 0 Å². The number of amides is 2. The van der Waals surface area contributed by atoms with E-state index in [0.717, 1.165) is 10.9 Å². The average molecular weight is 315 g/mol. The van der Waals surface area contributed by atoms with Crippen LogP contribution < -0.4 is 0 Å². The highest BCUT2D eigenvalue weighted by molar-refractivity contribution is 5.83. The van der Waals surface area contributed by atoms with Gasteiger partial charge < -0.3 is 19.1 Å². The van der Waals surface area contributed by atoms with Crippen LogP contribution in [-0.4, -0.2) is 66.1 Å². The number of ether oxygens (including phenoxy) is 1. The average Bonchev–Trinajstić information content (AvgIpc) is 2.98. The first kappa shape index (κ1) is 15.6. The molecule has 2 amide bonds. The van der Waals surface area contributed by atoms with Crippen molar-refractivity contribution in [2.45, 2.75) is 6.54 Å². The van der Waals surface area contributed by atoms with E-state index in [1.54, 1.807) is 4.90 Å². The van der Waals surface area contributed by atoms with Crippen LogP contribution in [0.2, 0.25) is 0 Å². The summed E-state index contributed by atoms with van der Waals surface area (Å²) in [4.78, 5) is 27.8. The number of methoxy groups -OCH3 is 1. The molecular weight excluding hydrogens is 294 g/mol. The summed E-state index contributed by atoms with van der Waals surface area (Å²) in [6.07, 6.45) is 1.95. The Hall–Kier alpha value is -2.34. The number of nitrogens with zero attached hydrogens (tertiary/aromatic N) is 3. The van der Waals surface area contributed by atoms with E-state index in [2.05, 4.69) is 0 Å². The van der Waals surface area contributed by atoms with Crippen molar-refractivity contribution in [1.82, 2.24) is 14.4 Å².